The summed E-state index contributed by atoms with van der Waals surface area (Å²) in [4.78, 5) is 49.3. The van der Waals surface area contributed by atoms with Crippen molar-refractivity contribution in [2.24, 2.45) is 17.8 Å². The molecule has 2 aromatic carbocycles. The molecule has 4 atom stereocenters. The molecule has 2 amide bonds. The number of nitrogens with one attached hydrogen (secondary N) is 1. The molecular weight excluding hydrogens is 541 g/mol. The highest BCUT2D eigenvalue weighted by Gasteiger charge is 2.68. The van der Waals surface area contributed by atoms with E-state index in [0.29, 0.717) is 11.4 Å². The molecule has 0 aliphatic carbocycles. The predicted octanol–water partition coefficient (Wildman–Crippen LogP) is 4.47. The predicted molar refractivity (Wildman–Crippen MR) is 135 cm³/mol. The summed E-state index contributed by atoms with van der Waals surface area (Å²) in [6.07, 6.45) is -4.69. The highest BCUT2D eigenvalue weighted by molar-refractivity contribution is 6.30. The number of rotatable bonds is 5. The Hall–Kier alpha value is -3.44. The number of halogens is 4. The molecule has 2 N–H and O–H groups in total. The van der Waals surface area contributed by atoms with Crippen LogP contribution in [-0.2, 0) is 23.9 Å². The molecule has 2 aliphatic heterocycles. The van der Waals surface area contributed by atoms with Gasteiger partial charge < -0.3 is 9.84 Å². The number of benzene rings is 2. The Labute approximate surface area is 228 Å². The van der Waals surface area contributed by atoms with Crippen molar-refractivity contribution in [3.05, 3.63) is 59.1 Å². The van der Waals surface area contributed by atoms with Crippen LogP contribution in [-0.4, -0.2) is 59.6 Å². The number of fused-ring (bicyclic) bond motifs is 1. The largest absolute Gasteiger partial charge is 0.490 e. The number of aliphatic carboxylic acids is 1. The van der Waals surface area contributed by atoms with Crippen molar-refractivity contribution in [3.8, 4) is 11.1 Å². The molecule has 0 bridgehead atoms. The highest BCUT2D eigenvalue weighted by atomic mass is 35.5. The number of carbonyl (C=O) groups excluding carboxylic acids is 3. The van der Waals surface area contributed by atoms with Gasteiger partial charge in [0, 0.05) is 18.1 Å². The zero-order chi connectivity index (χ0) is 29.3. The molecule has 2 fully saturated rings. The van der Waals surface area contributed by atoms with Crippen molar-refractivity contribution in [2.45, 2.75) is 38.0 Å². The van der Waals surface area contributed by atoms with Crippen LogP contribution in [0, 0.1) is 17.8 Å². The van der Waals surface area contributed by atoms with Crippen LogP contribution in [0.15, 0.2) is 48.5 Å². The van der Waals surface area contributed by atoms with E-state index in [1.165, 1.54) is 14.2 Å². The van der Waals surface area contributed by atoms with Gasteiger partial charge in [0.1, 0.15) is 5.54 Å². The zero-order valence-electron chi connectivity index (χ0n) is 21.6. The maximum absolute atomic E-state index is 13.1. The molecule has 8 nitrogen and oxygen atoms in total. The number of carbonyl (C=O) groups is 4. The van der Waals surface area contributed by atoms with E-state index in [1.54, 1.807) is 0 Å². The normalized spacial score (nSPS) is 24.3. The second-order valence-electron chi connectivity index (χ2n) is 9.86. The third-order valence-electron chi connectivity index (χ3n) is 6.82. The van der Waals surface area contributed by atoms with Crippen LogP contribution in [0.4, 0.5) is 13.2 Å². The molecular formula is C27H28ClF3N2O6. The van der Waals surface area contributed by atoms with E-state index in [1.807, 2.05) is 62.4 Å². The molecule has 39 heavy (non-hydrogen) atoms. The van der Waals surface area contributed by atoms with E-state index in [2.05, 4.69) is 5.32 Å². The van der Waals surface area contributed by atoms with Gasteiger partial charge in [-0.15, -0.1) is 0 Å². The van der Waals surface area contributed by atoms with Crippen LogP contribution in [0.25, 0.3) is 11.1 Å². The van der Waals surface area contributed by atoms with Gasteiger partial charge in [0.25, 0.3) is 0 Å². The van der Waals surface area contributed by atoms with Gasteiger partial charge >= 0.3 is 18.1 Å². The minimum Gasteiger partial charge on any atom is -0.475 e. The number of esters is 1. The number of hydrogen-bond donors (Lipinski definition) is 2. The maximum Gasteiger partial charge on any atom is 0.490 e. The molecule has 3 unspecified atom stereocenters. The summed E-state index contributed by atoms with van der Waals surface area (Å²) in [6.45, 7) is 3.97. The second-order valence-corrected chi connectivity index (χ2v) is 10.3. The number of methoxy groups -OCH3 is 1. The quantitative estimate of drug-likeness (QED) is 0.404. The average molecular weight is 569 g/mol. The first-order chi connectivity index (χ1) is 18.1. The fourth-order valence-corrected chi connectivity index (χ4v) is 5.46. The van der Waals surface area contributed by atoms with Crippen molar-refractivity contribution in [3.63, 3.8) is 0 Å². The number of alkyl halides is 3. The molecule has 2 aromatic rings. The third-order valence-corrected chi connectivity index (χ3v) is 7.06. The van der Waals surface area contributed by atoms with Gasteiger partial charge in [-0.1, -0.05) is 61.8 Å². The van der Waals surface area contributed by atoms with Crippen molar-refractivity contribution in [1.82, 2.24) is 10.2 Å². The van der Waals surface area contributed by atoms with Crippen LogP contribution >= 0.6 is 11.6 Å². The Bertz CT molecular complexity index is 1270. The van der Waals surface area contributed by atoms with E-state index in [0.717, 1.165) is 21.6 Å². The molecule has 210 valence electrons. The number of likely N-dealkylation sites (tertiary alicyclic amines) is 1. The van der Waals surface area contributed by atoms with E-state index in [4.69, 9.17) is 26.2 Å². The molecule has 0 saturated carbocycles. The number of hydrogen-bond acceptors (Lipinski definition) is 6. The number of imide groups is 1. The lowest BCUT2D eigenvalue weighted by molar-refractivity contribution is -0.192. The number of nitrogens with zero attached hydrogens (tertiary/aromatic N) is 1. The van der Waals surface area contributed by atoms with Crippen molar-refractivity contribution >= 4 is 35.4 Å². The number of carboxylic acids is 1. The van der Waals surface area contributed by atoms with Crippen molar-refractivity contribution in [2.75, 3.05) is 14.2 Å². The summed E-state index contributed by atoms with van der Waals surface area (Å²) in [7, 11) is 2.80. The maximum atomic E-state index is 13.1. The molecule has 2 heterocycles. The SMILES string of the molecule is COC(=O)[C@]1(CC(C)C)NC(c2ccc(-c3cccc(Cl)c3)cc2)C2C(=O)N(C)C(=O)C21.O=C(O)C(F)(F)F. The topological polar surface area (TPSA) is 113 Å². The zero-order valence-corrected chi connectivity index (χ0v) is 22.3. The van der Waals surface area contributed by atoms with Crippen LogP contribution in [0.5, 0.6) is 0 Å². The van der Waals surface area contributed by atoms with Gasteiger partial charge in [-0.05, 0) is 41.2 Å². The van der Waals surface area contributed by atoms with Crippen LogP contribution < -0.4 is 5.32 Å². The summed E-state index contributed by atoms with van der Waals surface area (Å²) in [5.41, 5.74) is 1.56. The minimum absolute atomic E-state index is 0.111. The van der Waals surface area contributed by atoms with Gasteiger partial charge in [0.05, 0.1) is 18.9 Å². The van der Waals surface area contributed by atoms with E-state index in [-0.39, 0.29) is 17.7 Å². The fraction of sp³-hybridized carbons (Fsp3) is 0.407. The van der Waals surface area contributed by atoms with Crippen LogP contribution in [0.2, 0.25) is 5.02 Å². The first-order valence-electron chi connectivity index (χ1n) is 12.0. The molecule has 0 radical (unpaired) electrons. The Kier molecular flexibility index (Phi) is 8.76. The van der Waals surface area contributed by atoms with Gasteiger partial charge in [-0.3, -0.25) is 24.6 Å². The number of carboxylic acid groups (broad SMARTS) is 1. The Morgan fingerprint density at radius 3 is 2.18 bits per heavy atom. The van der Waals surface area contributed by atoms with Gasteiger partial charge in [-0.2, -0.15) is 13.2 Å². The first-order valence-corrected chi connectivity index (χ1v) is 12.4. The smallest absolute Gasteiger partial charge is 0.475 e. The molecule has 0 spiro atoms. The summed E-state index contributed by atoms with van der Waals surface area (Å²) in [5, 5.41) is 11.2. The van der Waals surface area contributed by atoms with E-state index < -0.39 is 41.5 Å². The first kappa shape index (κ1) is 30.1. The summed E-state index contributed by atoms with van der Waals surface area (Å²) in [5.74, 6) is -5.22. The van der Waals surface area contributed by atoms with Crippen LogP contribution in [0.1, 0.15) is 31.9 Å². The Morgan fingerprint density at radius 2 is 1.69 bits per heavy atom. The summed E-state index contributed by atoms with van der Waals surface area (Å²) in [6, 6.07) is 14.9. The monoisotopic (exact) mass is 568 g/mol. The number of amides is 2. The molecule has 2 aliphatic rings. The molecule has 2 saturated heterocycles. The fourth-order valence-electron chi connectivity index (χ4n) is 5.27. The van der Waals surface area contributed by atoms with Gasteiger partial charge in [0.15, 0.2) is 0 Å². The summed E-state index contributed by atoms with van der Waals surface area (Å²) >= 11 is 6.12. The summed E-state index contributed by atoms with van der Waals surface area (Å²) < 4.78 is 36.9. The van der Waals surface area contributed by atoms with Crippen LogP contribution in [0.3, 0.4) is 0 Å². The lowest BCUT2D eigenvalue weighted by Crippen LogP contribution is -2.56. The van der Waals surface area contributed by atoms with Gasteiger partial charge in [0.2, 0.25) is 11.8 Å². The second kappa shape index (κ2) is 11.4. The van der Waals surface area contributed by atoms with Gasteiger partial charge in [-0.25, -0.2) is 4.79 Å². The Balaban J connectivity index is 0.000000532. The minimum atomic E-state index is -5.08. The third kappa shape index (κ3) is 5.94. The Morgan fingerprint density at radius 1 is 1.10 bits per heavy atom. The molecule has 4 rings (SSSR count). The van der Waals surface area contributed by atoms with E-state index >= 15 is 0 Å². The van der Waals surface area contributed by atoms with Crippen molar-refractivity contribution in [1.29, 1.82) is 0 Å². The lowest BCUT2D eigenvalue weighted by atomic mass is 9.75. The standard InChI is InChI=1S/C25H27ClN2O4.C2HF3O2/c1-14(2)13-25(24(31)32-4)20-19(22(29)28(3)23(20)30)21(27-25)16-10-8-15(9-11-16)17-6-5-7-18(26)12-17;3-2(4,5)1(6)7/h5-12,14,19-21,27H,13H2,1-4H3;(H,6,7)/t19?,20?,21?,25-;/m1./s1. The average Bonchev–Trinajstić information content (AvgIpc) is 3.32. The van der Waals surface area contributed by atoms with Crippen molar-refractivity contribution < 1.29 is 42.2 Å². The number of ether oxygens (including phenoxy) is 1. The highest BCUT2D eigenvalue weighted by Crippen LogP contribution is 2.51. The van der Waals surface area contributed by atoms with E-state index in [9.17, 15) is 27.6 Å². The lowest BCUT2D eigenvalue weighted by Gasteiger charge is -2.33. The molecule has 0 aromatic heterocycles. The molecule has 12 heteroatoms.